The van der Waals surface area contributed by atoms with Crippen molar-refractivity contribution in [1.29, 1.82) is 0 Å². The average Bonchev–Trinajstić information content (AvgIpc) is 2.61. The van der Waals surface area contributed by atoms with Gasteiger partial charge in [0.25, 0.3) is 0 Å². The van der Waals surface area contributed by atoms with E-state index in [4.69, 9.17) is 0 Å². The molecule has 0 aliphatic rings. The Hall–Kier alpha value is -2.88. The monoisotopic (exact) mass is 322 g/mol. The minimum Gasteiger partial charge on any atom is -0.341 e. The average molecular weight is 322 g/mol. The van der Waals surface area contributed by atoms with E-state index >= 15 is 0 Å². The van der Waals surface area contributed by atoms with Gasteiger partial charge in [-0.15, -0.1) is 0 Å². The second-order valence-electron chi connectivity index (χ2n) is 5.51. The molecule has 0 aliphatic carbocycles. The van der Waals surface area contributed by atoms with Gasteiger partial charge in [-0.05, 0) is 42.7 Å². The van der Waals surface area contributed by atoms with Crippen molar-refractivity contribution in [3.63, 3.8) is 0 Å². The van der Waals surface area contributed by atoms with Crippen molar-refractivity contribution in [2.24, 2.45) is 0 Å². The van der Waals surface area contributed by atoms with E-state index in [2.05, 4.69) is 17.6 Å². The van der Waals surface area contributed by atoms with Crippen LogP contribution in [0.4, 0.5) is 5.69 Å². The summed E-state index contributed by atoms with van der Waals surface area (Å²) in [6, 6.07) is 16.6. The van der Waals surface area contributed by atoms with E-state index in [0.29, 0.717) is 0 Å². The molecule has 0 fully saturated rings. The maximum atomic E-state index is 12.1. The van der Waals surface area contributed by atoms with Gasteiger partial charge in [0.15, 0.2) is 0 Å². The second kappa shape index (κ2) is 8.67. The Morgan fingerprint density at radius 1 is 1.04 bits per heavy atom. The third-order valence-electron chi connectivity index (χ3n) is 3.61. The molecule has 24 heavy (non-hydrogen) atoms. The summed E-state index contributed by atoms with van der Waals surface area (Å²) < 4.78 is 0. The minimum atomic E-state index is -0.622. The Labute approximate surface area is 142 Å². The highest BCUT2D eigenvalue weighted by molar-refractivity contribution is 5.99. The Kier molecular flexibility index (Phi) is 6.32. The predicted molar refractivity (Wildman–Crippen MR) is 97.5 cm³/mol. The van der Waals surface area contributed by atoms with Gasteiger partial charge in [-0.3, -0.25) is 9.59 Å². The molecule has 0 saturated heterocycles. The SMILES string of the molecule is CCc1ccc(NC(=O)C(C)NC(=O)/C=C/c2ccccc2)cc1. The fourth-order valence-corrected chi connectivity index (χ4v) is 2.14. The minimum absolute atomic E-state index is 0.249. The van der Waals surface area contributed by atoms with Crippen LogP contribution >= 0.6 is 0 Å². The molecule has 1 unspecified atom stereocenters. The molecule has 0 bridgehead atoms. The van der Waals surface area contributed by atoms with Crippen LogP contribution in [0.2, 0.25) is 0 Å². The standard InChI is InChI=1S/C20H22N2O2/c1-3-16-9-12-18(13-10-16)22-20(24)15(2)21-19(23)14-11-17-7-5-4-6-8-17/h4-15H,3H2,1-2H3,(H,21,23)(H,22,24)/b14-11+. The first-order valence-corrected chi connectivity index (χ1v) is 8.02. The number of hydrogen-bond donors (Lipinski definition) is 2. The first-order valence-electron chi connectivity index (χ1n) is 8.02. The fourth-order valence-electron chi connectivity index (χ4n) is 2.14. The van der Waals surface area contributed by atoms with Crippen molar-refractivity contribution >= 4 is 23.6 Å². The number of anilines is 1. The van der Waals surface area contributed by atoms with Gasteiger partial charge >= 0.3 is 0 Å². The normalized spacial score (nSPS) is 11.9. The third kappa shape index (κ3) is 5.39. The zero-order valence-electron chi connectivity index (χ0n) is 14.0. The van der Waals surface area contributed by atoms with Crippen LogP contribution in [-0.2, 0) is 16.0 Å². The third-order valence-corrected chi connectivity index (χ3v) is 3.61. The number of amides is 2. The van der Waals surface area contributed by atoms with Gasteiger partial charge in [0.1, 0.15) is 6.04 Å². The lowest BCUT2D eigenvalue weighted by atomic mass is 10.1. The van der Waals surface area contributed by atoms with Gasteiger partial charge in [-0.1, -0.05) is 49.4 Å². The smallest absolute Gasteiger partial charge is 0.246 e. The second-order valence-corrected chi connectivity index (χ2v) is 5.51. The molecule has 2 aromatic rings. The van der Waals surface area contributed by atoms with Gasteiger partial charge in [-0.25, -0.2) is 0 Å². The van der Waals surface area contributed by atoms with Crippen LogP contribution in [0.3, 0.4) is 0 Å². The zero-order chi connectivity index (χ0) is 17.4. The summed E-state index contributed by atoms with van der Waals surface area (Å²) in [4.78, 5) is 24.0. The zero-order valence-corrected chi connectivity index (χ0v) is 14.0. The molecule has 0 aromatic heterocycles. The largest absolute Gasteiger partial charge is 0.341 e. The summed E-state index contributed by atoms with van der Waals surface area (Å²) in [5.74, 6) is -0.552. The van der Waals surface area contributed by atoms with Crippen molar-refractivity contribution in [1.82, 2.24) is 5.32 Å². The molecule has 2 N–H and O–H groups in total. The summed E-state index contributed by atoms with van der Waals surface area (Å²) in [7, 11) is 0. The van der Waals surface area contributed by atoms with Gasteiger partial charge in [-0.2, -0.15) is 0 Å². The lowest BCUT2D eigenvalue weighted by molar-refractivity contribution is -0.123. The maximum Gasteiger partial charge on any atom is 0.246 e. The Balaban J connectivity index is 1.86. The van der Waals surface area contributed by atoms with Crippen LogP contribution in [0.25, 0.3) is 6.08 Å². The Bertz CT molecular complexity index is 706. The van der Waals surface area contributed by atoms with Crippen molar-refractivity contribution < 1.29 is 9.59 Å². The number of aryl methyl sites for hydroxylation is 1. The highest BCUT2D eigenvalue weighted by Crippen LogP contribution is 2.10. The number of benzene rings is 2. The van der Waals surface area contributed by atoms with Crippen LogP contribution in [0.1, 0.15) is 25.0 Å². The van der Waals surface area contributed by atoms with E-state index in [9.17, 15) is 9.59 Å². The quantitative estimate of drug-likeness (QED) is 0.801. The predicted octanol–water partition coefficient (Wildman–Crippen LogP) is 3.41. The Morgan fingerprint density at radius 2 is 1.71 bits per heavy atom. The van der Waals surface area contributed by atoms with Crippen LogP contribution in [-0.4, -0.2) is 17.9 Å². The summed E-state index contributed by atoms with van der Waals surface area (Å²) in [5.41, 5.74) is 2.86. The van der Waals surface area contributed by atoms with E-state index in [1.54, 1.807) is 13.0 Å². The van der Waals surface area contributed by atoms with Gasteiger partial charge in [0.2, 0.25) is 11.8 Å². The number of carbonyl (C=O) groups is 2. The van der Waals surface area contributed by atoms with E-state index in [0.717, 1.165) is 17.7 Å². The number of hydrogen-bond acceptors (Lipinski definition) is 2. The molecule has 2 aromatic carbocycles. The topological polar surface area (TPSA) is 58.2 Å². The number of carbonyl (C=O) groups excluding carboxylic acids is 2. The van der Waals surface area contributed by atoms with Crippen molar-refractivity contribution in [3.8, 4) is 0 Å². The number of rotatable bonds is 6. The molecule has 2 rings (SSSR count). The fraction of sp³-hybridized carbons (Fsp3) is 0.200. The van der Waals surface area contributed by atoms with E-state index in [-0.39, 0.29) is 11.8 Å². The van der Waals surface area contributed by atoms with Crippen LogP contribution in [0.15, 0.2) is 60.7 Å². The summed E-state index contributed by atoms with van der Waals surface area (Å²) in [6.07, 6.45) is 4.09. The van der Waals surface area contributed by atoms with E-state index < -0.39 is 6.04 Å². The van der Waals surface area contributed by atoms with Gasteiger partial charge in [0, 0.05) is 11.8 Å². The Morgan fingerprint density at radius 3 is 2.33 bits per heavy atom. The maximum absolute atomic E-state index is 12.1. The molecule has 0 radical (unpaired) electrons. The summed E-state index contributed by atoms with van der Waals surface area (Å²) in [5, 5.41) is 5.45. The van der Waals surface area contributed by atoms with E-state index in [1.165, 1.54) is 11.6 Å². The van der Waals surface area contributed by atoms with Crippen LogP contribution < -0.4 is 10.6 Å². The molecule has 4 heteroatoms. The van der Waals surface area contributed by atoms with Gasteiger partial charge < -0.3 is 10.6 Å². The van der Waals surface area contributed by atoms with Crippen molar-refractivity contribution in [3.05, 3.63) is 71.8 Å². The van der Waals surface area contributed by atoms with Gasteiger partial charge in [0.05, 0.1) is 0 Å². The lowest BCUT2D eigenvalue weighted by Crippen LogP contribution is -2.40. The van der Waals surface area contributed by atoms with E-state index in [1.807, 2.05) is 54.6 Å². The first-order chi connectivity index (χ1) is 11.6. The van der Waals surface area contributed by atoms with Crippen molar-refractivity contribution in [2.75, 3.05) is 5.32 Å². The van der Waals surface area contributed by atoms with Crippen LogP contribution in [0, 0.1) is 0 Å². The summed E-state index contributed by atoms with van der Waals surface area (Å²) >= 11 is 0. The molecule has 0 saturated carbocycles. The molecule has 0 heterocycles. The molecule has 4 nitrogen and oxygen atoms in total. The molecule has 0 aliphatic heterocycles. The highest BCUT2D eigenvalue weighted by Gasteiger charge is 2.14. The molecule has 2 amide bonds. The molecular weight excluding hydrogens is 300 g/mol. The highest BCUT2D eigenvalue weighted by atomic mass is 16.2. The van der Waals surface area contributed by atoms with Crippen molar-refractivity contribution in [2.45, 2.75) is 26.3 Å². The number of nitrogens with one attached hydrogen (secondary N) is 2. The molecular formula is C20H22N2O2. The molecule has 124 valence electrons. The summed E-state index contributed by atoms with van der Waals surface area (Å²) in [6.45, 7) is 3.73. The molecule has 0 spiro atoms. The van der Waals surface area contributed by atoms with Crippen LogP contribution in [0.5, 0.6) is 0 Å². The first kappa shape index (κ1) is 17.5. The molecule has 1 atom stereocenters. The lowest BCUT2D eigenvalue weighted by Gasteiger charge is -2.13.